The molecule has 55 heavy (non-hydrogen) atoms. The molecule has 2 fully saturated rings. The zero-order chi connectivity index (χ0) is 40.7. The van der Waals surface area contributed by atoms with Crippen molar-refractivity contribution in [3.63, 3.8) is 0 Å². The first-order valence-electron chi connectivity index (χ1n) is 17.7. The van der Waals surface area contributed by atoms with Crippen LogP contribution in [0.2, 0.25) is 0 Å². The molecule has 0 radical (unpaired) electrons. The summed E-state index contributed by atoms with van der Waals surface area (Å²) in [6, 6.07) is 12.3. The number of ether oxygens (including phenoxy) is 4. The highest BCUT2D eigenvalue weighted by Crippen LogP contribution is 2.25. The number of anilines is 2. The number of morpholine rings is 2. The van der Waals surface area contributed by atoms with E-state index in [1.807, 2.05) is 6.07 Å². The Morgan fingerprint density at radius 3 is 2.20 bits per heavy atom. The number of nitrogens with one attached hydrogen (secondary N) is 1. The van der Waals surface area contributed by atoms with Crippen LogP contribution in [0.1, 0.15) is 63.0 Å². The third kappa shape index (κ3) is 11.5. The average molecular weight is 765 g/mol. The van der Waals surface area contributed by atoms with Crippen LogP contribution in [-0.4, -0.2) is 132 Å². The molecule has 0 bridgehead atoms. The van der Waals surface area contributed by atoms with Crippen LogP contribution >= 0.6 is 0 Å². The molecule has 2 atom stereocenters. The second-order valence-electron chi connectivity index (χ2n) is 15.0. The summed E-state index contributed by atoms with van der Waals surface area (Å²) in [5.41, 5.74) is -1.08. The van der Waals surface area contributed by atoms with Crippen molar-refractivity contribution >= 4 is 47.2 Å². The number of carbonyl (C=O) groups excluding carboxylic acids is 6. The van der Waals surface area contributed by atoms with E-state index in [-0.39, 0.29) is 48.0 Å². The Morgan fingerprint density at radius 1 is 0.964 bits per heavy atom. The van der Waals surface area contributed by atoms with E-state index in [0.717, 1.165) is 0 Å². The largest absolute Gasteiger partial charge is 0.443 e. The summed E-state index contributed by atoms with van der Waals surface area (Å²) in [6.45, 7) is 10.9. The lowest BCUT2D eigenvalue weighted by Crippen LogP contribution is -2.55. The van der Waals surface area contributed by atoms with Crippen LogP contribution < -0.4 is 10.2 Å². The van der Waals surface area contributed by atoms with Gasteiger partial charge in [0.1, 0.15) is 11.2 Å². The molecule has 17 nitrogen and oxygen atoms in total. The molecule has 0 saturated carbocycles. The number of amides is 6. The molecule has 0 spiro atoms. The molecule has 2 heterocycles. The van der Waals surface area contributed by atoms with Gasteiger partial charge in [0.05, 0.1) is 44.5 Å². The first-order valence-corrected chi connectivity index (χ1v) is 17.7. The molecule has 0 aromatic heterocycles. The number of hydrogen-bond donors (Lipinski definition) is 2. The fourth-order valence-electron chi connectivity index (χ4n) is 5.58. The van der Waals surface area contributed by atoms with Gasteiger partial charge in [0.15, 0.2) is 12.2 Å². The molecule has 2 aromatic rings. The monoisotopic (exact) mass is 764 g/mol. The van der Waals surface area contributed by atoms with Crippen LogP contribution in [0, 0.1) is 11.3 Å². The van der Waals surface area contributed by atoms with E-state index in [1.54, 1.807) is 64.6 Å². The van der Waals surface area contributed by atoms with E-state index >= 15 is 0 Å². The van der Waals surface area contributed by atoms with Gasteiger partial charge in [0, 0.05) is 43.6 Å². The van der Waals surface area contributed by atoms with Crippen molar-refractivity contribution in [1.29, 1.82) is 5.26 Å². The van der Waals surface area contributed by atoms with Gasteiger partial charge in [0.2, 0.25) is 5.91 Å². The third-order valence-corrected chi connectivity index (χ3v) is 8.21. The number of nitrogens with zero attached hydrogens (tertiary/aromatic N) is 5. The van der Waals surface area contributed by atoms with Crippen LogP contribution in [0.4, 0.5) is 21.0 Å². The topological polar surface area (TPSA) is 208 Å². The van der Waals surface area contributed by atoms with Gasteiger partial charge in [-0.25, -0.2) is 14.5 Å². The normalized spacial score (nSPS) is 16.7. The Kier molecular flexibility index (Phi) is 13.6. The smallest absolute Gasteiger partial charge is 0.420 e. The Labute approximate surface area is 319 Å². The number of aliphatic hydroxyl groups is 1. The van der Waals surface area contributed by atoms with Gasteiger partial charge in [-0.1, -0.05) is 6.07 Å². The molecule has 2 aliphatic heterocycles. The maximum Gasteiger partial charge on any atom is 0.420 e. The zero-order valence-electron chi connectivity index (χ0n) is 32.1. The summed E-state index contributed by atoms with van der Waals surface area (Å²) in [7, 11) is 1.51. The van der Waals surface area contributed by atoms with Gasteiger partial charge >= 0.3 is 12.2 Å². The molecular weight excluding hydrogens is 716 g/mol. The summed E-state index contributed by atoms with van der Waals surface area (Å²) in [6.07, 6.45) is -5.64. The molecule has 4 rings (SSSR count). The van der Waals surface area contributed by atoms with E-state index in [9.17, 15) is 39.1 Å². The van der Waals surface area contributed by atoms with E-state index < -0.39 is 59.9 Å². The van der Waals surface area contributed by atoms with Crippen molar-refractivity contribution in [2.45, 2.75) is 71.5 Å². The van der Waals surface area contributed by atoms with E-state index in [2.05, 4.69) is 5.32 Å². The minimum Gasteiger partial charge on any atom is -0.443 e. The minimum atomic E-state index is -1.99. The molecule has 6 amide bonds. The number of carbonyl (C=O) groups is 6. The second kappa shape index (κ2) is 17.7. The van der Waals surface area contributed by atoms with Gasteiger partial charge in [-0.2, -0.15) is 5.26 Å². The van der Waals surface area contributed by atoms with E-state index in [4.69, 9.17) is 18.9 Å². The lowest BCUT2D eigenvalue weighted by atomic mass is 10.1. The van der Waals surface area contributed by atoms with E-state index in [0.29, 0.717) is 36.9 Å². The second-order valence-corrected chi connectivity index (χ2v) is 15.0. The Morgan fingerprint density at radius 2 is 1.60 bits per heavy atom. The van der Waals surface area contributed by atoms with Gasteiger partial charge in [-0.05, 0) is 83.5 Å². The van der Waals surface area contributed by atoms with Crippen molar-refractivity contribution in [2.24, 2.45) is 0 Å². The number of imide groups is 1. The predicted molar refractivity (Wildman–Crippen MR) is 197 cm³/mol. The Balaban J connectivity index is 1.47. The van der Waals surface area contributed by atoms with Crippen molar-refractivity contribution in [1.82, 2.24) is 14.7 Å². The van der Waals surface area contributed by atoms with Crippen molar-refractivity contribution in [3.05, 3.63) is 59.2 Å². The van der Waals surface area contributed by atoms with Crippen molar-refractivity contribution in [3.8, 4) is 6.07 Å². The van der Waals surface area contributed by atoms with Crippen molar-refractivity contribution in [2.75, 3.05) is 63.3 Å². The molecule has 2 saturated heterocycles. The van der Waals surface area contributed by atoms with Crippen LogP contribution in [-0.2, 0) is 39.9 Å². The molecule has 296 valence electrons. The average Bonchev–Trinajstić information content (AvgIpc) is 3.12. The highest BCUT2D eigenvalue weighted by molar-refractivity contribution is 6.05. The van der Waals surface area contributed by atoms with Crippen LogP contribution in [0.15, 0.2) is 42.5 Å². The van der Waals surface area contributed by atoms with E-state index in [1.165, 1.54) is 41.1 Å². The third-order valence-electron chi connectivity index (χ3n) is 8.21. The number of hydrogen-bond acceptors (Lipinski definition) is 12. The molecule has 17 heteroatoms. The first-order chi connectivity index (χ1) is 25.8. The summed E-state index contributed by atoms with van der Waals surface area (Å²) in [5, 5.41) is 23.3. The molecule has 0 aliphatic carbocycles. The van der Waals surface area contributed by atoms with Crippen molar-refractivity contribution < 1.29 is 52.8 Å². The van der Waals surface area contributed by atoms with Gasteiger partial charge in [0.25, 0.3) is 17.7 Å². The molecule has 2 unspecified atom stereocenters. The summed E-state index contributed by atoms with van der Waals surface area (Å²) in [5.74, 6) is -2.40. The fourth-order valence-corrected chi connectivity index (χ4v) is 5.58. The van der Waals surface area contributed by atoms with Crippen LogP contribution in [0.5, 0.6) is 0 Å². The number of nitriles is 1. The standard InChI is InChI=1S/C38H48N6O11/c1-37(2,3)54-35(50)44(36(51)55-38(4,5)6)22-26-19-27(12-11-25(26)21-39)40-32(47)30(46)31-34(49)43(15-18-53-31)28-10-8-9-24(20-28)33(48)41(7)23-29(45)42-13-16-52-17-14-42/h8-12,19-20,30-31,46H,13-18,22-23H2,1-7H3,(H,40,47). The van der Waals surface area contributed by atoms with Gasteiger partial charge < -0.3 is 44.1 Å². The summed E-state index contributed by atoms with van der Waals surface area (Å²) in [4.78, 5) is 84.0. The number of benzene rings is 2. The predicted octanol–water partition coefficient (Wildman–Crippen LogP) is 2.89. The molecule has 2 N–H and O–H groups in total. The van der Waals surface area contributed by atoms with Gasteiger partial charge in [-0.3, -0.25) is 19.2 Å². The Bertz CT molecular complexity index is 1800. The quantitative estimate of drug-likeness (QED) is 0.378. The van der Waals surface area contributed by atoms with Crippen LogP contribution in [0.25, 0.3) is 0 Å². The number of aliphatic hydroxyl groups excluding tert-OH is 1. The highest BCUT2D eigenvalue weighted by Gasteiger charge is 2.40. The summed E-state index contributed by atoms with van der Waals surface area (Å²) >= 11 is 0. The fraction of sp³-hybridized carbons (Fsp3) is 0.500. The lowest BCUT2D eigenvalue weighted by Gasteiger charge is -2.34. The van der Waals surface area contributed by atoms with Crippen LogP contribution in [0.3, 0.4) is 0 Å². The Hall–Kier alpha value is -5.57. The first kappa shape index (κ1) is 42.2. The maximum atomic E-state index is 13.6. The highest BCUT2D eigenvalue weighted by atomic mass is 16.6. The SMILES string of the molecule is CN(CC(=O)N1CCOCC1)C(=O)c1cccc(N2CCOC(C(O)C(=O)Nc3ccc(C#N)c(CN(C(=O)OC(C)(C)C)C(=O)OC(C)(C)C)c3)C2=O)c1. The molecular formula is C38H48N6O11. The van der Waals surface area contributed by atoms with Gasteiger partial charge in [-0.15, -0.1) is 0 Å². The molecule has 2 aromatic carbocycles. The number of likely N-dealkylation sites (N-methyl/N-ethyl adjacent to an activating group) is 1. The summed E-state index contributed by atoms with van der Waals surface area (Å²) < 4.78 is 21.6. The number of rotatable bonds is 9. The minimum absolute atomic E-state index is 0.0426. The zero-order valence-corrected chi connectivity index (χ0v) is 32.1. The lowest BCUT2D eigenvalue weighted by molar-refractivity contribution is -0.150. The maximum absolute atomic E-state index is 13.6. The molecule has 2 aliphatic rings.